The van der Waals surface area contributed by atoms with Gasteiger partial charge in [0.1, 0.15) is 25.8 Å². The highest BCUT2D eigenvalue weighted by Gasteiger charge is 2.34. The van der Waals surface area contributed by atoms with Gasteiger partial charge < -0.3 is 19.7 Å². The zero-order valence-electron chi connectivity index (χ0n) is 23.8. The van der Waals surface area contributed by atoms with Gasteiger partial charge in [-0.2, -0.15) is 0 Å². The number of rotatable bonds is 9. The van der Waals surface area contributed by atoms with Crippen molar-refractivity contribution in [1.29, 1.82) is 0 Å². The van der Waals surface area contributed by atoms with E-state index in [0.29, 0.717) is 40.3 Å². The van der Waals surface area contributed by atoms with E-state index in [-0.39, 0.29) is 17.1 Å². The number of nitrogens with one attached hydrogen (secondary N) is 1. The normalized spacial score (nSPS) is 13.7. The van der Waals surface area contributed by atoms with Crippen LogP contribution in [-0.2, 0) is 26.2 Å². The van der Waals surface area contributed by atoms with Crippen LogP contribution in [-0.4, -0.2) is 56.5 Å². The number of anilines is 1. The first-order valence-corrected chi connectivity index (χ1v) is 15.5. The lowest BCUT2D eigenvalue weighted by molar-refractivity contribution is -0.140. The van der Waals surface area contributed by atoms with Crippen molar-refractivity contribution in [3.63, 3.8) is 0 Å². The highest BCUT2D eigenvalue weighted by molar-refractivity contribution is 7.92. The summed E-state index contributed by atoms with van der Waals surface area (Å²) in [6, 6.07) is 16.4. The molecule has 1 atom stereocenters. The van der Waals surface area contributed by atoms with Crippen molar-refractivity contribution in [2.24, 2.45) is 0 Å². The van der Waals surface area contributed by atoms with Gasteiger partial charge in [0.15, 0.2) is 11.5 Å². The minimum atomic E-state index is -4.24. The molecule has 2 amide bonds. The fraction of sp³-hybridized carbons (Fsp3) is 0.333. The van der Waals surface area contributed by atoms with Gasteiger partial charge in [0.05, 0.1) is 10.6 Å². The predicted molar refractivity (Wildman–Crippen MR) is 163 cm³/mol. The fourth-order valence-electron chi connectivity index (χ4n) is 4.35. The summed E-state index contributed by atoms with van der Waals surface area (Å²) in [6.45, 7) is 6.96. The van der Waals surface area contributed by atoms with Crippen LogP contribution in [0.3, 0.4) is 0 Å². The molecule has 0 aliphatic carbocycles. The highest BCUT2D eigenvalue weighted by atomic mass is 35.5. The first kappa shape index (κ1) is 31.5. The monoisotopic (exact) mass is 633 g/mol. The molecule has 42 heavy (non-hydrogen) atoms. The lowest BCUT2D eigenvalue weighted by Crippen LogP contribution is -2.54. The second-order valence-corrected chi connectivity index (χ2v) is 13.5. The number of nitrogens with zero attached hydrogens (tertiary/aromatic N) is 2. The predicted octanol–water partition coefficient (Wildman–Crippen LogP) is 5.29. The Morgan fingerprint density at radius 1 is 0.929 bits per heavy atom. The lowest BCUT2D eigenvalue weighted by Gasteiger charge is -2.34. The maximum Gasteiger partial charge on any atom is 0.264 e. The van der Waals surface area contributed by atoms with Crippen molar-refractivity contribution in [2.45, 2.75) is 50.7 Å². The summed E-state index contributed by atoms with van der Waals surface area (Å²) in [6.07, 6.45) is 0. The van der Waals surface area contributed by atoms with E-state index in [1.54, 1.807) is 55.5 Å². The molecule has 0 unspecified atom stereocenters. The Hall–Kier alpha value is -3.47. The van der Waals surface area contributed by atoms with E-state index in [2.05, 4.69) is 5.32 Å². The summed E-state index contributed by atoms with van der Waals surface area (Å²) in [7, 11) is -4.24. The first-order chi connectivity index (χ1) is 19.8. The Balaban J connectivity index is 1.77. The third-order valence-electron chi connectivity index (χ3n) is 6.48. The van der Waals surface area contributed by atoms with Crippen molar-refractivity contribution in [2.75, 3.05) is 24.1 Å². The molecule has 3 aromatic carbocycles. The third-order valence-corrected chi connectivity index (χ3v) is 8.98. The van der Waals surface area contributed by atoms with E-state index < -0.39 is 40.0 Å². The molecule has 4 rings (SSSR count). The van der Waals surface area contributed by atoms with Crippen LogP contribution in [0.25, 0.3) is 0 Å². The maximum atomic E-state index is 14.1. The Morgan fingerprint density at radius 3 is 2.17 bits per heavy atom. The molecule has 1 heterocycles. The summed E-state index contributed by atoms with van der Waals surface area (Å²) in [5.41, 5.74) is 0.0519. The number of benzene rings is 3. The van der Waals surface area contributed by atoms with Gasteiger partial charge in [0, 0.05) is 33.8 Å². The summed E-state index contributed by atoms with van der Waals surface area (Å²) >= 11 is 12.9. The first-order valence-electron chi connectivity index (χ1n) is 13.3. The van der Waals surface area contributed by atoms with E-state index >= 15 is 0 Å². The van der Waals surface area contributed by atoms with E-state index in [0.717, 1.165) is 4.31 Å². The second-order valence-electron chi connectivity index (χ2n) is 10.8. The summed E-state index contributed by atoms with van der Waals surface area (Å²) in [4.78, 5) is 28.7. The number of halogens is 2. The molecule has 0 saturated heterocycles. The molecular weight excluding hydrogens is 601 g/mol. The molecule has 224 valence electrons. The number of fused-ring (bicyclic) bond motifs is 1. The molecule has 1 aliphatic rings. The average Bonchev–Trinajstić information content (AvgIpc) is 2.94. The van der Waals surface area contributed by atoms with Crippen LogP contribution >= 0.6 is 23.2 Å². The van der Waals surface area contributed by atoms with Gasteiger partial charge in [-0.05, 0) is 64.1 Å². The molecule has 0 radical (unpaired) electrons. The Kier molecular flexibility index (Phi) is 9.60. The topological polar surface area (TPSA) is 105 Å². The number of ether oxygens (including phenoxy) is 2. The van der Waals surface area contributed by atoms with Crippen LogP contribution < -0.4 is 19.1 Å². The van der Waals surface area contributed by atoms with Gasteiger partial charge in [0.2, 0.25) is 11.8 Å². The van der Waals surface area contributed by atoms with Gasteiger partial charge in [-0.3, -0.25) is 13.9 Å². The smallest absolute Gasteiger partial charge is 0.264 e. The Morgan fingerprint density at radius 2 is 1.55 bits per heavy atom. The highest BCUT2D eigenvalue weighted by Crippen LogP contribution is 2.36. The largest absolute Gasteiger partial charge is 0.486 e. The van der Waals surface area contributed by atoms with Crippen LogP contribution in [0.15, 0.2) is 71.6 Å². The van der Waals surface area contributed by atoms with E-state index in [9.17, 15) is 18.0 Å². The SMILES string of the molecule is C[C@H](C(=O)NC(C)(C)C)N(Cc1c(Cl)cccc1Cl)C(=O)CN(c1ccc2c(c1)OCCO2)S(=O)(=O)c1ccccc1. The molecule has 0 saturated carbocycles. The van der Waals surface area contributed by atoms with E-state index in [1.807, 2.05) is 20.8 Å². The number of hydrogen-bond acceptors (Lipinski definition) is 6. The van der Waals surface area contributed by atoms with Gasteiger partial charge in [-0.25, -0.2) is 8.42 Å². The van der Waals surface area contributed by atoms with Crippen molar-refractivity contribution in [3.05, 3.63) is 82.3 Å². The van der Waals surface area contributed by atoms with Crippen LogP contribution in [0.2, 0.25) is 10.0 Å². The molecule has 12 heteroatoms. The number of amides is 2. The number of sulfonamides is 1. The molecular formula is C30H33Cl2N3O6S. The molecule has 0 bridgehead atoms. The van der Waals surface area contributed by atoms with Gasteiger partial charge in [0.25, 0.3) is 10.0 Å². The Labute approximate surface area is 256 Å². The van der Waals surface area contributed by atoms with Crippen molar-refractivity contribution in [1.82, 2.24) is 10.2 Å². The molecule has 0 aromatic heterocycles. The molecule has 9 nitrogen and oxygen atoms in total. The zero-order chi connectivity index (χ0) is 30.7. The van der Waals surface area contributed by atoms with Crippen molar-refractivity contribution >= 4 is 50.7 Å². The quantitative estimate of drug-likeness (QED) is 0.343. The van der Waals surface area contributed by atoms with Crippen LogP contribution in [0.5, 0.6) is 11.5 Å². The molecule has 1 aliphatic heterocycles. The Bertz CT molecular complexity index is 1540. The second kappa shape index (κ2) is 12.8. The summed E-state index contributed by atoms with van der Waals surface area (Å²) in [5, 5.41) is 3.50. The number of hydrogen-bond donors (Lipinski definition) is 1. The number of carbonyl (C=O) groups is 2. The zero-order valence-corrected chi connectivity index (χ0v) is 26.1. The van der Waals surface area contributed by atoms with Crippen molar-refractivity contribution in [3.8, 4) is 11.5 Å². The molecule has 3 aromatic rings. The fourth-order valence-corrected chi connectivity index (χ4v) is 6.29. The van der Waals surface area contributed by atoms with E-state index in [1.165, 1.54) is 23.1 Å². The average molecular weight is 635 g/mol. The van der Waals surface area contributed by atoms with Crippen LogP contribution in [0.4, 0.5) is 5.69 Å². The standard InChI is InChI=1S/C30H33Cl2N3O6S/c1-20(29(37)33-30(2,3)4)34(18-23-24(31)11-8-12-25(23)32)28(36)19-35(42(38,39)22-9-6-5-7-10-22)21-13-14-26-27(17-21)41-16-15-40-26/h5-14,17,20H,15-16,18-19H2,1-4H3,(H,33,37)/t20-/m1/s1. The minimum Gasteiger partial charge on any atom is -0.486 e. The summed E-state index contributed by atoms with van der Waals surface area (Å²) < 4.78 is 40.2. The van der Waals surface area contributed by atoms with Gasteiger partial charge in [-0.15, -0.1) is 0 Å². The lowest BCUT2D eigenvalue weighted by atomic mass is 10.1. The number of carbonyl (C=O) groups excluding carboxylic acids is 2. The van der Waals surface area contributed by atoms with E-state index in [4.69, 9.17) is 32.7 Å². The van der Waals surface area contributed by atoms with Crippen LogP contribution in [0.1, 0.15) is 33.3 Å². The molecule has 0 fully saturated rings. The third kappa shape index (κ3) is 7.29. The molecule has 1 N–H and O–H groups in total. The molecule has 0 spiro atoms. The van der Waals surface area contributed by atoms with Gasteiger partial charge >= 0.3 is 0 Å². The van der Waals surface area contributed by atoms with Gasteiger partial charge in [-0.1, -0.05) is 47.5 Å². The minimum absolute atomic E-state index is 0.00749. The maximum absolute atomic E-state index is 14.1. The van der Waals surface area contributed by atoms with Crippen LogP contribution in [0, 0.1) is 0 Å². The van der Waals surface area contributed by atoms with Crippen molar-refractivity contribution < 1.29 is 27.5 Å². The summed E-state index contributed by atoms with van der Waals surface area (Å²) in [5.74, 6) is -0.235.